The van der Waals surface area contributed by atoms with Gasteiger partial charge in [-0.3, -0.25) is 9.80 Å². The Morgan fingerprint density at radius 1 is 0.426 bits per heavy atom. The summed E-state index contributed by atoms with van der Waals surface area (Å²) in [6.45, 7) is 33.5. The first-order chi connectivity index (χ1) is 21.8. The van der Waals surface area contributed by atoms with Crippen molar-refractivity contribution in [3.8, 4) is 0 Å². The minimum atomic E-state index is 0.0642. The van der Waals surface area contributed by atoms with E-state index in [1.54, 1.807) is 0 Å². The fourth-order valence-electron chi connectivity index (χ4n) is 6.61. The molecular formula is C45H58N2. The lowest BCUT2D eigenvalue weighted by Crippen LogP contribution is -2.25. The Morgan fingerprint density at radius 2 is 0.702 bits per heavy atom. The highest BCUT2D eigenvalue weighted by Crippen LogP contribution is 2.48. The van der Waals surface area contributed by atoms with Crippen LogP contribution in [0.1, 0.15) is 140 Å². The summed E-state index contributed by atoms with van der Waals surface area (Å²) in [5, 5.41) is 0. The third-order valence-corrected chi connectivity index (χ3v) is 9.67. The van der Waals surface area contributed by atoms with Crippen molar-refractivity contribution in [2.75, 3.05) is 0 Å². The zero-order valence-corrected chi connectivity index (χ0v) is 31.2. The second kappa shape index (κ2) is 13.0. The van der Waals surface area contributed by atoms with E-state index in [0.717, 1.165) is 13.1 Å². The number of nitrogens with zero attached hydrogens (tertiary/aromatic N) is 2. The molecule has 4 aromatic rings. The van der Waals surface area contributed by atoms with Gasteiger partial charge in [-0.05, 0) is 66.2 Å². The summed E-state index contributed by atoms with van der Waals surface area (Å²) in [6.07, 6.45) is 0. The molecule has 1 heterocycles. The molecule has 0 bridgehead atoms. The number of hydrogen-bond donors (Lipinski definition) is 0. The van der Waals surface area contributed by atoms with Gasteiger partial charge in [0.15, 0.2) is 0 Å². The predicted octanol–water partition coefficient (Wildman–Crippen LogP) is 11.7. The highest BCUT2D eigenvalue weighted by Gasteiger charge is 2.43. The molecule has 2 nitrogen and oxygen atoms in total. The van der Waals surface area contributed by atoms with Crippen molar-refractivity contribution < 1.29 is 0 Å². The Morgan fingerprint density at radius 3 is 0.957 bits per heavy atom. The largest absolute Gasteiger partial charge is 0.266 e. The number of rotatable bonds is 6. The lowest BCUT2D eigenvalue weighted by Gasteiger charge is -2.31. The lowest BCUT2D eigenvalue weighted by atomic mass is 9.79. The molecule has 2 heteroatoms. The van der Waals surface area contributed by atoms with Crippen LogP contribution in [0.25, 0.3) is 0 Å². The second-order valence-corrected chi connectivity index (χ2v) is 17.9. The van der Waals surface area contributed by atoms with E-state index in [9.17, 15) is 0 Å². The zero-order chi connectivity index (χ0) is 34.4. The van der Waals surface area contributed by atoms with E-state index in [-0.39, 0.29) is 33.7 Å². The molecule has 0 unspecified atom stereocenters. The van der Waals surface area contributed by atoms with Crippen LogP contribution >= 0.6 is 0 Å². The molecule has 0 saturated carbocycles. The molecule has 47 heavy (non-hydrogen) atoms. The predicted molar refractivity (Wildman–Crippen MR) is 200 cm³/mol. The highest BCUT2D eigenvalue weighted by molar-refractivity contribution is 5.40. The van der Waals surface area contributed by atoms with E-state index in [0.29, 0.717) is 0 Å². The quantitative estimate of drug-likeness (QED) is 0.210. The van der Waals surface area contributed by atoms with Gasteiger partial charge in [-0.2, -0.15) is 0 Å². The van der Waals surface area contributed by atoms with E-state index >= 15 is 0 Å². The highest BCUT2D eigenvalue weighted by atomic mass is 15.4. The normalized spacial score (nSPS) is 18.6. The summed E-state index contributed by atoms with van der Waals surface area (Å²) in [4.78, 5) is 4.97. The maximum absolute atomic E-state index is 3.98. The Balaban J connectivity index is 1.63. The van der Waals surface area contributed by atoms with Gasteiger partial charge in [-0.25, -0.2) is 0 Å². The third kappa shape index (κ3) is 8.27. The average molecular weight is 627 g/mol. The molecule has 1 aliphatic rings. The van der Waals surface area contributed by atoms with Crippen LogP contribution in [-0.2, 0) is 34.7 Å². The van der Waals surface area contributed by atoms with Gasteiger partial charge < -0.3 is 0 Å². The van der Waals surface area contributed by atoms with E-state index in [2.05, 4.69) is 197 Å². The van der Waals surface area contributed by atoms with Gasteiger partial charge in [0.2, 0.25) is 0 Å². The number of benzene rings is 4. The molecule has 4 aromatic carbocycles. The van der Waals surface area contributed by atoms with Crippen molar-refractivity contribution in [2.45, 2.75) is 130 Å². The van der Waals surface area contributed by atoms with Crippen LogP contribution in [0.4, 0.5) is 0 Å². The van der Waals surface area contributed by atoms with Crippen LogP contribution in [0.15, 0.2) is 97.1 Å². The van der Waals surface area contributed by atoms with Crippen LogP contribution < -0.4 is 0 Å². The third-order valence-electron chi connectivity index (χ3n) is 9.67. The van der Waals surface area contributed by atoms with E-state index in [4.69, 9.17) is 0 Å². The Hall–Kier alpha value is -3.20. The molecule has 1 fully saturated rings. The summed E-state index contributed by atoms with van der Waals surface area (Å²) in [7, 11) is 0. The van der Waals surface area contributed by atoms with Gasteiger partial charge in [-0.1, -0.05) is 180 Å². The summed E-state index contributed by atoms with van der Waals surface area (Å²) in [6, 6.07) is 36.9. The van der Waals surface area contributed by atoms with Crippen molar-refractivity contribution in [2.24, 2.45) is 0 Å². The molecule has 1 aliphatic heterocycles. The van der Waals surface area contributed by atoms with E-state index in [1.807, 2.05) is 0 Å². The van der Waals surface area contributed by atoms with Gasteiger partial charge in [0.1, 0.15) is 6.67 Å². The first kappa shape index (κ1) is 35.1. The summed E-state index contributed by atoms with van der Waals surface area (Å²) >= 11 is 0. The first-order valence-electron chi connectivity index (χ1n) is 17.5. The van der Waals surface area contributed by atoms with Gasteiger partial charge in [-0.15, -0.1) is 0 Å². The molecule has 2 radical (unpaired) electrons. The number of hydrogen-bond acceptors (Lipinski definition) is 2. The Labute approximate surface area is 287 Å². The minimum absolute atomic E-state index is 0.0642. The second-order valence-electron chi connectivity index (χ2n) is 17.9. The Bertz CT molecular complexity index is 1450. The molecule has 2 atom stereocenters. The molecule has 0 aliphatic carbocycles. The molecule has 1 saturated heterocycles. The summed E-state index contributed by atoms with van der Waals surface area (Å²) < 4.78 is 0. The molecule has 0 spiro atoms. The van der Waals surface area contributed by atoms with Crippen LogP contribution in [0, 0.1) is 6.67 Å². The van der Waals surface area contributed by atoms with Crippen LogP contribution in [0.2, 0.25) is 0 Å². The molecule has 0 amide bonds. The molecule has 0 aromatic heterocycles. The lowest BCUT2D eigenvalue weighted by molar-refractivity contribution is 0.263. The van der Waals surface area contributed by atoms with Crippen molar-refractivity contribution >= 4 is 0 Å². The monoisotopic (exact) mass is 626 g/mol. The standard InChI is InChI=1S/C45H58N2/c1-42(2,3)36-23-32(24-37(27-36)43(4,5)6)29-46-31-47(30-33-25-38(44(7,8)9)28-39(26-33)45(10,11)12)41(35-21-17-14-18-22-35)40(46)34-19-15-13-16-20-34/h13-28,40-41H,29-30H2,1-12H3/t40-,41-/m0/s1. The Kier molecular flexibility index (Phi) is 9.72. The van der Waals surface area contributed by atoms with Crippen LogP contribution in [-0.4, -0.2) is 9.80 Å². The minimum Gasteiger partial charge on any atom is -0.266 e. The van der Waals surface area contributed by atoms with Gasteiger partial charge >= 0.3 is 0 Å². The van der Waals surface area contributed by atoms with Crippen molar-refractivity contribution in [3.63, 3.8) is 0 Å². The molecular weight excluding hydrogens is 569 g/mol. The van der Waals surface area contributed by atoms with Crippen LogP contribution in [0.5, 0.6) is 0 Å². The van der Waals surface area contributed by atoms with Gasteiger partial charge in [0, 0.05) is 13.1 Å². The summed E-state index contributed by atoms with van der Waals surface area (Å²) in [5.74, 6) is 0. The van der Waals surface area contributed by atoms with Gasteiger partial charge in [0.05, 0.1) is 12.1 Å². The SMILES string of the molecule is CC(C)(C)c1cc(CN2[C]N(Cc3cc(C(C)(C)C)cc(C(C)(C)C)c3)[C@@H](c3ccccc3)[C@@H]2c2ccccc2)cc(C(C)(C)C)c1. The van der Waals surface area contributed by atoms with Crippen molar-refractivity contribution in [3.05, 3.63) is 148 Å². The van der Waals surface area contributed by atoms with E-state index in [1.165, 1.54) is 44.5 Å². The van der Waals surface area contributed by atoms with Crippen LogP contribution in [0.3, 0.4) is 0 Å². The maximum Gasteiger partial charge on any atom is 0.148 e. The summed E-state index contributed by atoms with van der Waals surface area (Å²) in [5.41, 5.74) is 11.1. The molecule has 248 valence electrons. The fourth-order valence-corrected chi connectivity index (χ4v) is 6.61. The van der Waals surface area contributed by atoms with Crippen molar-refractivity contribution in [1.82, 2.24) is 9.80 Å². The average Bonchev–Trinajstić information content (AvgIpc) is 3.33. The first-order valence-corrected chi connectivity index (χ1v) is 17.5. The van der Waals surface area contributed by atoms with Gasteiger partial charge in [0.25, 0.3) is 0 Å². The van der Waals surface area contributed by atoms with E-state index < -0.39 is 0 Å². The maximum atomic E-state index is 3.98. The zero-order valence-electron chi connectivity index (χ0n) is 31.2. The fraction of sp³-hybridized carbons (Fsp3) is 0.444. The molecule has 5 rings (SSSR count). The topological polar surface area (TPSA) is 6.48 Å². The van der Waals surface area contributed by atoms with Crippen molar-refractivity contribution in [1.29, 1.82) is 0 Å². The smallest absolute Gasteiger partial charge is 0.148 e. The molecule has 0 N–H and O–H groups in total.